The van der Waals surface area contributed by atoms with Crippen LogP contribution in [-0.4, -0.2) is 29.1 Å². The van der Waals surface area contributed by atoms with Crippen molar-refractivity contribution in [2.75, 3.05) is 0 Å². The molecule has 2 rings (SSSR count). The number of ether oxygens (including phenoxy) is 1. The van der Waals surface area contributed by atoms with Crippen LogP contribution in [0.25, 0.3) is 0 Å². The van der Waals surface area contributed by atoms with Crippen LogP contribution >= 0.6 is 11.6 Å². The molecule has 2 N–H and O–H groups in total. The van der Waals surface area contributed by atoms with Crippen LogP contribution in [0.4, 0.5) is 0 Å². The normalized spacial score (nSPS) is 18.7. The molecule has 18 heavy (non-hydrogen) atoms. The molecule has 1 aromatic rings. The fraction of sp³-hybridized carbons (Fsp3) is 0.333. The Kier molecular flexibility index (Phi) is 3.43. The summed E-state index contributed by atoms with van der Waals surface area (Å²) in [5, 5.41) is 11.7. The number of rotatable bonds is 3. The lowest BCUT2D eigenvalue weighted by Crippen LogP contribution is -2.45. The third kappa shape index (κ3) is 2.56. The van der Waals surface area contributed by atoms with Gasteiger partial charge >= 0.3 is 5.97 Å². The van der Waals surface area contributed by atoms with E-state index >= 15 is 0 Å². The van der Waals surface area contributed by atoms with Crippen LogP contribution in [0, 0.1) is 0 Å². The zero-order valence-corrected chi connectivity index (χ0v) is 10.4. The third-order valence-corrected chi connectivity index (χ3v) is 2.95. The Bertz CT molecular complexity index is 503. The van der Waals surface area contributed by atoms with Crippen molar-refractivity contribution in [3.05, 3.63) is 28.8 Å². The second-order valence-corrected chi connectivity index (χ2v) is 4.57. The van der Waals surface area contributed by atoms with Crippen LogP contribution in [0.15, 0.2) is 18.2 Å². The lowest BCUT2D eigenvalue weighted by atomic mass is 10.1. The number of benzene rings is 1. The molecule has 6 heteroatoms. The maximum absolute atomic E-state index is 11.8. The maximum Gasteiger partial charge on any atom is 0.325 e. The van der Waals surface area contributed by atoms with Crippen molar-refractivity contribution in [3.8, 4) is 5.75 Å². The Morgan fingerprint density at radius 3 is 2.94 bits per heavy atom. The molecule has 2 unspecified atom stereocenters. The van der Waals surface area contributed by atoms with Crippen molar-refractivity contribution in [1.29, 1.82) is 0 Å². The molecular formula is C12H12ClNO4. The van der Waals surface area contributed by atoms with E-state index < -0.39 is 24.0 Å². The first-order valence-electron chi connectivity index (χ1n) is 5.45. The minimum atomic E-state index is -1.08. The SMILES string of the molecule is CC(NC(=O)C1Cc2cc(Cl)ccc2O1)C(=O)O. The van der Waals surface area contributed by atoms with Crippen molar-refractivity contribution in [2.24, 2.45) is 0 Å². The summed E-state index contributed by atoms with van der Waals surface area (Å²) < 4.78 is 5.44. The Morgan fingerprint density at radius 2 is 2.28 bits per heavy atom. The molecule has 0 bridgehead atoms. The molecule has 0 radical (unpaired) electrons. The van der Waals surface area contributed by atoms with Gasteiger partial charge in [-0.05, 0) is 30.7 Å². The molecule has 1 amide bonds. The standard InChI is InChI=1S/C12H12ClNO4/c1-6(12(16)17)14-11(15)10-5-7-4-8(13)2-3-9(7)18-10/h2-4,6,10H,5H2,1H3,(H,14,15)(H,16,17). The van der Waals surface area contributed by atoms with Crippen molar-refractivity contribution in [1.82, 2.24) is 5.32 Å². The predicted octanol–water partition coefficient (Wildman–Crippen LogP) is 1.23. The molecule has 0 saturated carbocycles. The molecule has 0 saturated heterocycles. The predicted molar refractivity (Wildman–Crippen MR) is 64.8 cm³/mol. The number of carbonyl (C=O) groups excluding carboxylic acids is 1. The minimum Gasteiger partial charge on any atom is -0.480 e. The zero-order valence-electron chi connectivity index (χ0n) is 9.64. The van der Waals surface area contributed by atoms with Gasteiger partial charge in [-0.3, -0.25) is 9.59 Å². The smallest absolute Gasteiger partial charge is 0.325 e. The molecular weight excluding hydrogens is 258 g/mol. The second kappa shape index (κ2) is 4.86. The number of carboxylic acid groups (broad SMARTS) is 1. The lowest BCUT2D eigenvalue weighted by Gasteiger charge is -2.13. The Hall–Kier alpha value is -1.75. The maximum atomic E-state index is 11.8. The number of hydrogen-bond donors (Lipinski definition) is 2. The molecule has 0 aromatic heterocycles. The van der Waals surface area contributed by atoms with E-state index in [9.17, 15) is 9.59 Å². The quantitative estimate of drug-likeness (QED) is 0.865. The summed E-state index contributed by atoms with van der Waals surface area (Å²) in [6, 6.07) is 4.19. The molecule has 96 valence electrons. The third-order valence-electron chi connectivity index (χ3n) is 2.72. The van der Waals surface area contributed by atoms with Gasteiger partial charge < -0.3 is 15.2 Å². The van der Waals surface area contributed by atoms with Crippen LogP contribution in [0.1, 0.15) is 12.5 Å². The van der Waals surface area contributed by atoms with Crippen molar-refractivity contribution in [3.63, 3.8) is 0 Å². The van der Waals surface area contributed by atoms with Crippen LogP contribution in [0.3, 0.4) is 0 Å². The molecule has 1 aliphatic rings. The first kappa shape index (κ1) is 12.7. The zero-order chi connectivity index (χ0) is 13.3. The monoisotopic (exact) mass is 269 g/mol. The average molecular weight is 270 g/mol. The second-order valence-electron chi connectivity index (χ2n) is 4.13. The lowest BCUT2D eigenvalue weighted by molar-refractivity contribution is -0.142. The molecule has 1 heterocycles. The topological polar surface area (TPSA) is 75.6 Å². The van der Waals surface area contributed by atoms with E-state index in [1.54, 1.807) is 18.2 Å². The fourth-order valence-electron chi connectivity index (χ4n) is 1.73. The molecule has 1 aromatic carbocycles. The van der Waals surface area contributed by atoms with Crippen molar-refractivity contribution in [2.45, 2.75) is 25.5 Å². The highest BCUT2D eigenvalue weighted by molar-refractivity contribution is 6.30. The van der Waals surface area contributed by atoms with Gasteiger partial charge in [0, 0.05) is 11.4 Å². The van der Waals surface area contributed by atoms with Gasteiger partial charge in [-0.2, -0.15) is 0 Å². The number of carbonyl (C=O) groups is 2. The summed E-state index contributed by atoms with van der Waals surface area (Å²) in [5.41, 5.74) is 0.852. The highest BCUT2D eigenvalue weighted by Crippen LogP contribution is 2.31. The van der Waals surface area contributed by atoms with Gasteiger partial charge in [-0.25, -0.2) is 0 Å². The largest absolute Gasteiger partial charge is 0.480 e. The van der Waals surface area contributed by atoms with Crippen LogP contribution in [-0.2, 0) is 16.0 Å². The summed E-state index contributed by atoms with van der Waals surface area (Å²) in [6.07, 6.45) is -0.297. The first-order valence-corrected chi connectivity index (χ1v) is 5.83. The molecule has 1 aliphatic heterocycles. The number of halogens is 1. The van der Waals surface area contributed by atoms with Gasteiger partial charge in [0.15, 0.2) is 6.10 Å². The van der Waals surface area contributed by atoms with E-state index in [1.807, 2.05) is 0 Å². The van der Waals surface area contributed by atoms with Gasteiger partial charge in [-0.1, -0.05) is 11.6 Å². The minimum absolute atomic E-state index is 0.397. The van der Waals surface area contributed by atoms with Gasteiger partial charge in [0.1, 0.15) is 11.8 Å². The van der Waals surface area contributed by atoms with E-state index in [0.29, 0.717) is 17.2 Å². The summed E-state index contributed by atoms with van der Waals surface area (Å²) >= 11 is 5.84. The van der Waals surface area contributed by atoms with Gasteiger partial charge in [0.2, 0.25) is 0 Å². The number of amides is 1. The number of fused-ring (bicyclic) bond motifs is 1. The molecule has 0 fully saturated rings. The van der Waals surface area contributed by atoms with Gasteiger partial charge in [0.05, 0.1) is 0 Å². The van der Waals surface area contributed by atoms with Crippen LogP contribution < -0.4 is 10.1 Å². The number of hydrogen-bond acceptors (Lipinski definition) is 3. The van der Waals surface area contributed by atoms with Crippen LogP contribution in [0.5, 0.6) is 5.75 Å². The fourth-order valence-corrected chi connectivity index (χ4v) is 1.93. The Morgan fingerprint density at radius 1 is 1.56 bits per heavy atom. The number of aliphatic carboxylic acids is 1. The average Bonchev–Trinajstić information content (AvgIpc) is 2.71. The number of carboxylic acids is 1. The van der Waals surface area contributed by atoms with Crippen LogP contribution in [0.2, 0.25) is 5.02 Å². The van der Waals surface area contributed by atoms with Crippen molar-refractivity contribution < 1.29 is 19.4 Å². The van der Waals surface area contributed by atoms with E-state index in [-0.39, 0.29) is 0 Å². The van der Waals surface area contributed by atoms with Crippen molar-refractivity contribution >= 4 is 23.5 Å². The summed E-state index contributed by atoms with van der Waals surface area (Å²) in [7, 11) is 0. The highest BCUT2D eigenvalue weighted by Gasteiger charge is 2.30. The van der Waals surface area contributed by atoms with E-state index in [0.717, 1.165) is 5.56 Å². The van der Waals surface area contributed by atoms with Gasteiger partial charge in [0.25, 0.3) is 5.91 Å². The molecule has 0 aliphatic carbocycles. The summed E-state index contributed by atoms with van der Waals surface area (Å²) in [4.78, 5) is 22.4. The van der Waals surface area contributed by atoms with E-state index in [2.05, 4.69) is 5.32 Å². The first-order chi connectivity index (χ1) is 8.47. The number of nitrogens with one attached hydrogen (secondary N) is 1. The van der Waals surface area contributed by atoms with E-state index in [1.165, 1.54) is 6.92 Å². The Balaban J connectivity index is 2.02. The summed E-state index contributed by atoms with van der Waals surface area (Å²) in [6.45, 7) is 1.40. The molecule has 5 nitrogen and oxygen atoms in total. The van der Waals surface area contributed by atoms with Gasteiger partial charge in [-0.15, -0.1) is 0 Å². The Labute approximate surface area is 109 Å². The molecule has 0 spiro atoms. The van der Waals surface area contributed by atoms with E-state index in [4.69, 9.17) is 21.4 Å². The summed E-state index contributed by atoms with van der Waals surface area (Å²) in [5.74, 6) is -0.901. The molecule has 2 atom stereocenters. The highest BCUT2D eigenvalue weighted by atomic mass is 35.5.